The fraction of sp³-hybridized carbons (Fsp3) is 0.125. The van der Waals surface area contributed by atoms with Crippen molar-refractivity contribution in [2.45, 2.75) is 12.5 Å². The average molecular weight is 460 g/mol. The largest absolute Gasteiger partial charge is 0.361 e. The topological polar surface area (TPSA) is 78.5 Å². The molecular formula is C24H21N5OS2. The molecule has 5 aromatic rings. The number of H-pyrrole nitrogens is 2. The van der Waals surface area contributed by atoms with Crippen LogP contribution in [0.3, 0.4) is 0 Å². The zero-order valence-electron chi connectivity index (χ0n) is 17.1. The number of benzene rings is 2. The lowest BCUT2D eigenvalue weighted by Gasteiger charge is -2.18. The standard InChI is InChI=1S/C24H21N5OS2/c30-22(15-29-23(27-28-24(29)31)21-11-6-12-32-21)26-13-18(16-7-2-1-3-8-16)19-14-25-20-10-5-4-9-17(19)20/h1-12,14,18,25H,13,15H2,(H,26,30)(H,28,31)/t18-/m0/s1. The number of nitrogens with one attached hydrogen (secondary N) is 3. The van der Waals surface area contributed by atoms with Gasteiger partial charge in [-0.1, -0.05) is 54.6 Å². The van der Waals surface area contributed by atoms with Gasteiger partial charge in [0.1, 0.15) is 6.54 Å². The minimum atomic E-state index is -0.110. The second-order valence-corrected chi connectivity index (χ2v) is 8.81. The lowest BCUT2D eigenvalue weighted by Crippen LogP contribution is -2.32. The highest BCUT2D eigenvalue weighted by Gasteiger charge is 2.20. The second kappa shape index (κ2) is 8.94. The Kier molecular flexibility index (Phi) is 5.70. The van der Waals surface area contributed by atoms with Gasteiger partial charge in [-0.2, -0.15) is 5.10 Å². The summed E-state index contributed by atoms with van der Waals surface area (Å²) in [6, 6.07) is 22.4. The summed E-state index contributed by atoms with van der Waals surface area (Å²) >= 11 is 6.92. The molecule has 3 heterocycles. The molecule has 160 valence electrons. The Hall–Kier alpha value is -3.49. The number of fused-ring (bicyclic) bond motifs is 1. The van der Waals surface area contributed by atoms with Crippen LogP contribution in [0.1, 0.15) is 17.0 Å². The van der Waals surface area contributed by atoms with E-state index in [2.05, 4.69) is 44.8 Å². The lowest BCUT2D eigenvalue weighted by atomic mass is 9.91. The normalized spacial score (nSPS) is 12.1. The Bertz CT molecular complexity index is 1400. The first kappa shape index (κ1) is 20.4. The molecule has 0 aliphatic heterocycles. The maximum absolute atomic E-state index is 12.9. The van der Waals surface area contributed by atoms with Crippen molar-refractivity contribution in [3.8, 4) is 10.7 Å². The summed E-state index contributed by atoms with van der Waals surface area (Å²) in [5.41, 5.74) is 3.39. The van der Waals surface area contributed by atoms with Crippen molar-refractivity contribution < 1.29 is 4.79 Å². The number of hydrogen-bond donors (Lipinski definition) is 3. The fourth-order valence-corrected chi connectivity index (χ4v) is 4.87. The van der Waals surface area contributed by atoms with Crippen LogP contribution in [0.4, 0.5) is 0 Å². The first-order valence-electron chi connectivity index (χ1n) is 10.3. The molecule has 0 bridgehead atoms. The molecule has 6 nitrogen and oxygen atoms in total. The van der Waals surface area contributed by atoms with Gasteiger partial charge in [-0.05, 0) is 40.9 Å². The van der Waals surface area contributed by atoms with Crippen molar-refractivity contribution in [1.29, 1.82) is 0 Å². The first-order chi connectivity index (χ1) is 15.7. The molecule has 0 fully saturated rings. The van der Waals surface area contributed by atoms with Crippen molar-refractivity contribution in [1.82, 2.24) is 25.1 Å². The molecule has 0 radical (unpaired) electrons. The summed E-state index contributed by atoms with van der Waals surface area (Å²) in [6.07, 6.45) is 2.04. The second-order valence-electron chi connectivity index (χ2n) is 7.47. The van der Waals surface area contributed by atoms with E-state index in [1.165, 1.54) is 0 Å². The van der Waals surface area contributed by atoms with Gasteiger partial charge in [0.2, 0.25) is 5.91 Å². The molecule has 3 aromatic heterocycles. The monoisotopic (exact) mass is 459 g/mol. The minimum absolute atomic E-state index is 0.0189. The van der Waals surface area contributed by atoms with E-state index >= 15 is 0 Å². The zero-order chi connectivity index (χ0) is 21.9. The number of rotatable bonds is 7. The number of thiophene rings is 1. The SMILES string of the molecule is O=C(Cn1c(-c2cccs2)n[nH]c1=S)NC[C@@H](c1ccccc1)c1c[nH]c2ccccc12. The molecule has 3 N–H and O–H groups in total. The first-order valence-corrected chi connectivity index (χ1v) is 11.6. The van der Waals surface area contributed by atoms with E-state index in [4.69, 9.17) is 12.2 Å². The lowest BCUT2D eigenvalue weighted by molar-refractivity contribution is -0.121. The van der Waals surface area contributed by atoms with E-state index in [0.29, 0.717) is 17.1 Å². The van der Waals surface area contributed by atoms with E-state index < -0.39 is 0 Å². The number of carbonyl (C=O) groups excluding carboxylic acids is 1. The number of hydrogen-bond acceptors (Lipinski definition) is 4. The Labute approximate surface area is 193 Å². The van der Waals surface area contributed by atoms with E-state index in [0.717, 1.165) is 26.9 Å². The number of amides is 1. The molecular weight excluding hydrogens is 438 g/mol. The van der Waals surface area contributed by atoms with Gasteiger partial charge >= 0.3 is 0 Å². The molecule has 1 atom stereocenters. The number of aromatic nitrogens is 4. The van der Waals surface area contributed by atoms with Gasteiger partial charge < -0.3 is 10.3 Å². The molecule has 0 aliphatic carbocycles. The molecule has 32 heavy (non-hydrogen) atoms. The number of aromatic amines is 2. The number of nitrogens with zero attached hydrogens (tertiary/aromatic N) is 2. The third-order valence-electron chi connectivity index (χ3n) is 5.50. The van der Waals surface area contributed by atoms with Gasteiger partial charge in [0.15, 0.2) is 10.6 Å². The molecule has 5 rings (SSSR count). The third kappa shape index (κ3) is 4.02. The average Bonchev–Trinajstić information content (AvgIpc) is 3.56. The van der Waals surface area contributed by atoms with Crippen molar-refractivity contribution in [2.75, 3.05) is 6.54 Å². The highest BCUT2D eigenvalue weighted by Crippen LogP contribution is 2.30. The molecule has 0 saturated carbocycles. The van der Waals surface area contributed by atoms with Crippen LogP contribution in [-0.2, 0) is 11.3 Å². The van der Waals surface area contributed by atoms with Gasteiger partial charge in [0.05, 0.1) is 4.88 Å². The Morgan fingerprint density at radius 2 is 1.91 bits per heavy atom. The minimum Gasteiger partial charge on any atom is -0.361 e. The van der Waals surface area contributed by atoms with Crippen LogP contribution in [0.15, 0.2) is 78.3 Å². The third-order valence-corrected chi connectivity index (χ3v) is 6.68. The van der Waals surface area contributed by atoms with Crippen molar-refractivity contribution >= 4 is 40.4 Å². The van der Waals surface area contributed by atoms with Gasteiger partial charge in [-0.3, -0.25) is 14.5 Å². The van der Waals surface area contributed by atoms with Crippen LogP contribution in [-0.4, -0.2) is 32.2 Å². The van der Waals surface area contributed by atoms with Crippen molar-refractivity contribution in [3.05, 3.63) is 94.2 Å². The molecule has 0 saturated heterocycles. The van der Waals surface area contributed by atoms with E-state index in [-0.39, 0.29) is 18.4 Å². The van der Waals surface area contributed by atoms with Crippen LogP contribution in [0.5, 0.6) is 0 Å². The molecule has 8 heteroatoms. The van der Waals surface area contributed by atoms with Crippen LogP contribution in [0.2, 0.25) is 0 Å². The summed E-state index contributed by atoms with van der Waals surface area (Å²) < 4.78 is 2.17. The maximum Gasteiger partial charge on any atom is 0.240 e. The van der Waals surface area contributed by atoms with Gasteiger partial charge in [-0.25, -0.2) is 0 Å². The van der Waals surface area contributed by atoms with Gasteiger partial charge in [0, 0.05) is 29.6 Å². The molecule has 1 amide bonds. The summed E-state index contributed by atoms with van der Waals surface area (Å²) in [5, 5.41) is 13.4. The zero-order valence-corrected chi connectivity index (χ0v) is 18.7. The van der Waals surface area contributed by atoms with Crippen LogP contribution >= 0.6 is 23.6 Å². The number of carbonyl (C=O) groups is 1. The van der Waals surface area contributed by atoms with E-state index in [1.807, 2.05) is 54.0 Å². The fourth-order valence-electron chi connectivity index (χ4n) is 3.95. The van der Waals surface area contributed by atoms with Gasteiger partial charge in [-0.15, -0.1) is 11.3 Å². The summed E-state index contributed by atoms with van der Waals surface area (Å²) in [5.74, 6) is 0.586. The highest BCUT2D eigenvalue weighted by molar-refractivity contribution is 7.71. The van der Waals surface area contributed by atoms with Crippen molar-refractivity contribution in [2.24, 2.45) is 0 Å². The smallest absolute Gasteiger partial charge is 0.240 e. The highest BCUT2D eigenvalue weighted by atomic mass is 32.1. The molecule has 0 spiro atoms. The predicted molar refractivity (Wildman–Crippen MR) is 130 cm³/mol. The van der Waals surface area contributed by atoms with E-state index in [1.54, 1.807) is 15.9 Å². The van der Waals surface area contributed by atoms with Crippen LogP contribution in [0, 0.1) is 4.77 Å². The van der Waals surface area contributed by atoms with Crippen molar-refractivity contribution in [3.63, 3.8) is 0 Å². The van der Waals surface area contributed by atoms with Crippen LogP contribution < -0.4 is 5.32 Å². The molecule has 0 aliphatic rings. The Morgan fingerprint density at radius 1 is 1.09 bits per heavy atom. The summed E-state index contributed by atoms with van der Waals surface area (Å²) in [4.78, 5) is 17.2. The van der Waals surface area contributed by atoms with Gasteiger partial charge in [0.25, 0.3) is 0 Å². The Morgan fingerprint density at radius 3 is 2.72 bits per heavy atom. The summed E-state index contributed by atoms with van der Waals surface area (Å²) in [7, 11) is 0. The predicted octanol–water partition coefficient (Wildman–Crippen LogP) is 5.10. The maximum atomic E-state index is 12.9. The van der Waals surface area contributed by atoms with Crippen LogP contribution in [0.25, 0.3) is 21.6 Å². The molecule has 2 aromatic carbocycles. The number of para-hydroxylation sites is 1. The van der Waals surface area contributed by atoms with E-state index in [9.17, 15) is 4.79 Å². The Balaban J connectivity index is 1.38. The molecule has 0 unspecified atom stereocenters. The summed E-state index contributed by atoms with van der Waals surface area (Å²) in [6.45, 7) is 0.585. The quantitative estimate of drug-likeness (QED) is 0.296.